The SMILES string of the molecule is CCOC(=O)C(Cc1cccnc1)OC(=O)Nc1c2c(cc3c1CCC3)CCC2.CCOC(=O)C(O)Cc1cccnc1.CCOC(=O)C1OC1c1cccnc1.CCOC(=O)CCl.O=Cc1cccnc1. The van der Waals surface area contributed by atoms with E-state index in [-0.39, 0.29) is 50.0 Å². The van der Waals surface area contributed by atoms with E-state index in [1.54, 1.807) is 101 Å². The van der Waals surface area contributed by atoms with Crippen LogP contribution in [-0.2, 0) is 86.1 Å². The number of fused-ring (bicyclic) bond motifs is 2. The van der Waals surface area contributed by atoms with E-state index < -0.39 is 36.3 Å². The van der Waals surface area contributed by atoms with Crippen molar-refractivity contribution in [2.45, 2.75) is 103 Å². The van der Waals surface area contributed by atoms with Crippen LogP contribution in [0.4, 0.5) is 10.5 Å². The van der Waals surface area contributed by atoms with E-state index in [2.05, 4.69) is 40.8 Å². The van der Waals surface area contributed by atoms with Crippen LogP contribution in [0.25, 0.3) is 0 Å². The monoisotopic (exact) mass is 1010 g/mol. The molecule has 8 rings (SSSR count). The Balaban J connectivity index is 0.000000219. The largest absolute Gasteiger partial charge is 0.465 e. The predicted octanol–water partition coefficient (Wildman–Crippen LogP) is 7.10. The lowest BCUT2D eigenvalue weighted by atomic mass is 9.99. The Hall–Kier alpha value is -7.15. The molecule has 5 heterocycles. The highest BCUT2D eigenvalue weighted by Crippen LogP contribution is 2.40. The summed E-state index contributed by atoms with van der Waals surface area (Å²) in [4.78, 5) is 83.0. The quantitative estimate of drug-likeness (QED) is 0.0329. The summed E-state index contributed by atoms with van der Waals surface area (Å²) in [6, 6.07) is 16.6. The minimum atomic E-state index is -1.10. The molecule has 0 bridgehead atoms. The highest BCUT2D eigenvalue weighted by Gasteiger charge is 2.47. The van der Waals surface area contributed by atoms with Crippen LogP contribution in [0.15, 0.2) is 104 Å². The summed E-state index contributed by atoms with van der Waals surface area (Å²) in [6.07, 6.45) is 17.3. The van der Waals surface area contributed by atoms with Crippen molar-refractivity contribution in [1.29, 1.82) is 0 Å². The van der Waals surface area contributed by atoms with Crippen molar-refractivity contribution in [3.05, 3.63) is 149 Å². The Labute approximate surface area is 424 Å². The maximum atomic E-state index is 12.8. The van der Waals surface area contributed by atoms with Crippen molar-refractivity contribution in [2.75, 3.05) is 37.6 Å². The van der Waals surface area contributed by atoms with Crippen molar-refractivity contribution in [1.82, 2.24) is 19.9 Å². The molecule has 5 aromatic rings. The normalized spacial score (nSPS) is 15.0. The smallest absolute Gasteiger partial charge is 0.412 e. The number of nitrogens with one attached hydrogen (secondary N) is 1. The molecule has 1 aromatic carbocycles. The third-order valence-electron chi connectivity index (χ3n) is 10.6. The number of aldehydes is 1. The molecule has 2 N–H and O–H groups in total. The van der Waals surface area contributed by atoms with Gasteiger partial charge in [0.2, 0.25) is 6.10 Å². The number of halogens is 1. The number of esters is 4. The van der Waals surface area contributed by atoms with E-state index in [9.17, 15) is 33.9 Å². The number of hydrogen-bond acceptors (Lipinski definition) is 17. The molecule has 0 saturated carbocycles. The molecule has 2 aliphatic carbocycles. The molecule has 1 fully saturated rings. The fourth-order valence-corrected chi connectivity index (χ4v) is 7.47. The van der Waals surface area contributed by atoms with Gasteiger partial charge in [0, 0.05) is 73.5 Å². The first-order valence-electron chi connectivity index (χ1n) is 23.7. The van der Waals surface area contributed by atoms with Gasteiger partial charge in [-0.25, -0.2) is 19.2 Å². The van der Waals surface area contributed by atoms with Crippen molar-refractivity contribution < 1.29 is 62.3 Å². The Morgan fingerprint density at radius 1 is 0.708 bits per heavy atom. The topological polar surface area (TPSA) is 245 Å². The summed E-state index contributed by atoms with van der Waals surface area (Å²) in [5, 5.41) is 12.4. The fraction of sp³-hybridized carbons (Fsp3) is 0.396. The van der Waals surface area contributed by atoms with E-state index in [1.807, 2.05) is 18.2 Å². The van der Waals surface area contributed by atoms with Crippen LogP contribution < -0.4 is 5.32 Å². The number of aromatic nitrogens is 4. The van der Waals surface area contributed by atoms with Crippen LogP contribution in [0.5, 0.6) is 0 Å². The molecule has 3 aliphatic rings. The number of alkyl halides is 1. The van der Waals surface area contributed by atoms with Gasteiger partial charge in [-0.15, -0.1) is 11.6 Å². The molecule has 1 saturated heterocycles. The van der Waals surface area contributed by atoms with E-state index in [1.165, 1.54) is 28.5 Å². The number of benzene rings is 1. The van der Waals surface area contributed by atoms with Gasteiger partial charge in [0.1, 0.15) is 12.0 Å². The molecule has 4 atom stereocenters. The fourth-order valence-electron chi connectivity index (χ4n) is 7.39. The molecule has 1 amide bonds. The number of nitrogens with zero attached hydrogens (tertiary/aromatic N) is 4. The molecule has 384 valence electrons. The summed E-state index contributed by atoms with van der Waals surface area (Å²) in [6.45, 7) is 8.26. The third-order valence-corrected chi connectivity index (χ3v) is 10.8. The van der Waals surface area contributed by atoms with Crippen LogP contribution in [-0.4, -0.2) is 112 Å². The molecule has 0 radical (unpaired) electrons. The number of aliphatic hydroxyl groups excluding tert-OH is 1. The Bertz CT molecular complexity index is 2410. The van der Waals surface area contributed by atoms with Gasteiger partial charge in [0.15, 0.2) is 18.5 Å². The molecule has 72 heavy (non-hydrogen) atoms. The maximum Gasteiger partial charge on any atom is 0.412 e. The number of carbonyl (C=O) groups excluding carboxylic acids is 6. The van der Waals surface area contributed by atoms with E-state index in [0.29, 0.717) is 18.8 Å². The third kappa shape index (κ3) is 19.6. The van der Waals surface area contributed by atoms with Crippen LogP contribution >= 0.6 is 11.6 Å². The molecule has 19 heteroatoms. The number of anilines is 1. The zero-order valence-corrected chi connectivity index (χ0v) is 41.7. The average Bonchev–Trinajstić information content (AvgIpc) is 3.83. The lowest BCUT2D eigenvalue weighted by molar-refractivity contribution is -0.153. The summed E-state index contributed by atoms with van der Waals surface area (Å²) in [5.74, 6) is -1.83. The molecular weight excluding hydrogens is 950 g/mol. The Morgan fingerprint density at radius 2 is 1.25 bits per heavy atom. The van der Waals surface area contributed by atoms with Crippen LogP contribution in [0, 0.1) is 0 Å². The Morgan fingerprint density at radius 3 is 1.72 bits per heavy atom. The lowest BCUT2D eigenvalue weighted by Gasteiger charge is -2.19. The number of carbonyl (C=O) groups is 6. The van der Waals surface area contributed by atoms with Gasteiger partial charge in [-0.1, -0.05) is 24.3 Å². The number of amides is 1. The number of aliphatic hydroxyl groups is 1. The summed E-state index contributed by atoms with van der Waals surface area (Å²) in [5.41, 5.74) is 9.18. The van der Waals surface area contributed by atoms with Crippen molar-refractivity contribution in [3.63, 3.8) is 0 Å². The van der Waals surface area contributed by atoms with Crippen LogP contribution in [0.3, 0.4) is 0 Å². The van der Waals surface area contributed by atoms with E-state index in [0.717, 1.165) is 67.2 Å². The highest BCUT2D eigenvalue weighted by molar-refractivity contribution is 6.26. The number of epoxide rings is 1. The number of pyridine rings is 4. The van der Waals surface area contributed by atoms with E-state index in [4.69, 9.17) is 30.5 Å². The first-order chi connectivity index (χ1) is 35.0. The molecule has 4 aromatic heterocycles. The molecule has 18 nitrogen and oxygen atoms in total. The van der Waals surface area contributed by atoms with Gasteiger partial charge in [0.25, 0.3) is 0 Å². The van der Waals surface area contributed by atoms with Gasteiger partial charge in [-0.05, 0) is 130 Å². The lowest BCUT2D eigenvalue weighted by Crippen LogP contribution is -2.33. The molecule has 4 unspecified atom stereocenters. The Kier molecular flexibility index (Phi) is 25.5. The standard InChI is InChI=1S/C23H26N2O4.C10H11NO3.C10H13NO3.C6H5NO.C4H7ClO2/c1-2-28-22(26)20(12-15-6-5-11-24-14-15)29-23(27)25-21-18-9-3-7-16(18)13-17-8-4-10-19(17)21;1-2-13-10(12)9-8(14-9)7-4-3-5-11-6-7;1-2-14-10(13)9(12)6-8-4-3-5-11-7-8;8-5-6-2-1-3-7-4-6;1-2-7-4(6)3-5/h5-6,11,13-14,20H,2-4,7-10,12H2,1H3,(H,25,27);3-6,8-9H,2H2,1H3;3-5,7,9,12H,2,6H2,1H3;1-5H;2-3H2,1H3. The van der Waals surface area contributed by atoms with Gasteiger partial charge >= 0.3 is 30.0 Å². The second-order valence-corrected chi connectivity index (χ2v) is 16.0. The minimum absolute atomic E-state index is 0.0478. The second-order valence-electron chi connectivity index (χ2n) is 15.8. The summed E-state index contributed by atoms with van der Waals surface area (Å²) in [7, 11) is 0. The highest BCUT2D eigenvalue weighted by atomic mass is 35.5. The van der Waals surface area contributed by atoms with Gasteiger partial charge in [0.05, 0.1) is 32.1 Å². The van der Waals surface area contributed by atoms with Crippen LogP contribution in [0.2, 0.25) is 0 Å². The first kappa shape index (κ1) is 57.4. The number of ether oxygens (including phenoxy) is 6. The van der Waals surface area contributed by atoms with Crippen molar-refractivity contribution in [3.8, 4) is 0 Å². The minimum Gasteiger partial charge on any atom is -0.465 e. The molecular formula is C53H62ClN5O13. The zero-order valence-electron chi connectivity index (χ0n) is 40.9. The first-order valence-corrected chi connectivity index (χ1v) is 24.2. The van der Waals surface area contributed by atoms with Gasteiger partial charge < -0.3 is 33.5 Å². The summed E-state index contributed by atoms with van der Waals surface area (Å²) >= 11 is 5.06. The molecule has 0 spiro atoms. The number of rotatable bonds is 16. The molecule has 1 aliphatic heterocycles. The summed E-state index contributed by atoms with van der Waals surface area (Å²) < 4.78 is 29.8. The number of aryl methyl sites for hydroxylation is 2. The second kappa shape index (κ2) is 31.9. The van der Waals surface area contributed by atoms with E-state index >= 15 is 0 Å². The van der Waals surface area contributed by atoms with Crippen LogP contribution in [0.1, 0.15) is 95.9 Å². The zero-order chi connectivity index (χ0) is 52.1. The van der Waals surface area contributed by atoms with Crippen molar-refractivity contribution in [2.24, 2.45) is 0 Å². The number of hydrogen-bond donors (Lipinski definition) is 2. The van der Waals surface area contributed by atoms with Crippen molar-refractivity contribution >= 4 is 53.5 Å². The van der Waals surface area contributed by atoms with Gasteiger partial charge in [-0.3, -0.25) is 34.8 Å². The predicted molar refractivity (Wildman–Crippen MR) is 265 cm³/mol. The van der Waals surface area contributed by atoms with Gasteiger partial charge in [-0.2, -0.15) is 0 Å². The average molecular weight is 1010 g/mol. The maximum absolute atomic E-state index is 12.8.